The summed E-state index contributed by atoms with van der Waals surface area (Å²) in [7, 11) is 0. The first-order valence-electron chi connectivity index (χ1n) is 13.1. The third-order valence-electron chi connectivity index (χ3n) is 7.66. The second kappa shape index (κ2) is 12.1. The number of rotatable bonds is 9. The summed E-state index contributed by atoms with van der Waals surface area (Å²) < 4.78 is 39.4. The highest BCUT2D eigenvalue weighted by molar-refractivity contribution is 5.98. The Kier molecular flexibility index (Phi) is 9.47. The first kappa shape index (κ1) is 31.3. The maximum absolute atomic E-state index is 14.0. The molecule has 2 fully saturated rings. The minimum Gasteiger partial charge on any atom is -0.391 e. The van der Waals surface area contributed by atoms with Crippen LogP contribution in [-0.4, -0.2) is 92.6 Å². The minimum absolute atomic E-state index is 0.101. The predicted molar refractivity (Wildman–Crippen MR) is 136 cm³/mol. The fraction of sp³-hybridized carbons (Fsp3) is 0.615. The van der Waals surface area contributed by atoms with Gasteiger partial charge in [0.15, 0.2) is 0 Å². The van der Waals surface area contributed by atoms with E-state index >= 15 is 0 Å². The van der Waals surface area contributed by atoms with E-state index in [4.69, 9.17) is 11.5 Å². The number of likely N-dealkylation sites (tertiary alicyclic amines) is 2. The molecule has 7 N–H and O–H groups in total. The molecule has 0 aromatic heterocycles. The third-order valence-corrected chi connectivity index (χ3v) is 7.66. The number of hydrogen-bond acceptors (Lipinski definition) is 7. The Bertz CT molecular complexity index is 1110. The molecule has 14 heteroatoms. The lowest BCUT2D eigenvalue weighted by Gasteiger charge is -2.41. The molecule has 1 unspecified atom stereocenters. The van der Waals surface area contributed by atoms with Gasteiger partial charge in [-0.25, -0.2) is 0 Å². The SMILES string of the molecule is C[C@@H](O)C(NC(=O)[C@@]1(Cc2ccc(C(F)(F)F)cc2)CCCN1C(=O)[C@@H]1CCCN1C(=O)[C@@H](N)[C@@H](C)O)C(N)=O. The molecule has 11 nitrogen and oxygen atoms in total. The Labute approximate surface area is 229 Å². The van der Waals surface area contributed by atoms with Crippen LogP contribution in [-0.2, 0) is 31.8 Å². The first-order valence-corrected chi connectivity index (χ1v) is 13.1. The van der Waals surface area contributed by atoms with Gasteiger partial charge in [-0.05, 0) is 57.2 Å². The topological polar surface area (TPSA) is 179 Å². The monoisotopic (exact) mass is 571 g/mol. The molecule has 4 amide bonds. The van der Waals surface area contributed by atoms with Crippen LogP contribution in [0, 0.1) is 0 Å². The number of primary amides is 1. The molecule has 0 saturated carbocycles. The zero-order valence-electron chi connectivity index (χ0n) is 22.4. The zero-order chi connectivity index (χ0) is 30.0. The molecule has 1 aromatic rings. The van der Waals surface area contributed by atoms with E-state index in [0.29, 0.717) is 18.4 Å². The normalized spacial score (nSPS) is 24.4. The number of amides is 4. The number of aliphatic hydroxyl groups excluding tert-OH is 2. The van der Waals surface area contributed by atoms with E-state index in [1.54, 1.807) is 0 Å². The van der Waals surface area contributed by atoms with Crippen molar-refractivity contribution in [3.8, 4) is 0 Å². The van der Waals surface area contributed by atoms with Crippen molar-refractivity contribution < 1.29 is 42.6 Å². The second-order valence-electron chi connectivity index (χ2n) is 10.5. The van der Waals surface area contributed by atoms with Gasteiger partial charge in [0.1, 0.15) is 23.7 Å². The van der Waals surface area contributed by atoms with E-state index in [0.717, 1.165) is 12.1 Å². The van der Waals surface area contributed by atoms with Gasteiger partial charge in [-0.2, -0.15) is 13.2 Å². The van der Waals surface area contributed by atoms with Crippen molar-refractivity contribution in [2.45, 2.75) is 88.0 Å². The quantitative estimate of drug-likeness (QED) is 0.269. The molecule has 2 aliphatic rings. The van der Waals surface area contributed by atoms with Gasteiger partial charge in [-0.15, -0.1) is 0 Å². The minimum atomic E-state index is -4.57. The van der Waals surface area contributed by atoms with Crippen molar-refractivity contribution in [3.05, 3.63) is 35.4 Å². The van der Waals surface area contributed by atoms with Crippen molar-refractivity contribution in [2.75, 3.05) is 13.1 Å². The molecule has 0 aliphatic carbocycles. The second-order valence-corrected chi connectivity index (χ2v) is 10.5. The summed E-state index contributed by atoms with van der Waals surface area (Å²) >= 11 is 0. The Morgan fingerprint density at radius 2 is 1.70 bits per heavy atom. The fourth-order valence-electron chi connectivity index (χ4n) is 5.42. The van der Waals surface area contributed by atoms with Crippen LogP contribution < -0.4 is 16.8 Å². The summed E-state index contributed by atoms with van der Waals surface area (Å²) in [6.07, 6.45) is -6.07. The van der Waals surface area contributed by atoms with Crippen molar-refractivity contribution >= 4 is 23.6 Å². The number of nitrogens with two attached hydrogens (primary N) is 2. The van der Waals surface area contributed by atoms with Gasteiger partial charge in [-0.1, -0.05) is 12.1 Å². The van der Waals surface area contributed by atoms with Gasteiger partial charge in [-0.3, -0.25) is 19.2 Å². The Hall–Kier alpha value is -3.23. The number of carbonyl (C=O) groups is 4. The summed E-state index contributed by atoms with van der Waals surface area (Å²) in [4.78, 5) is 55.2. The maximum atomic E-state index is 14.0. The van der Waals surface area contributed by atoms with Gasteiger partial charge in [0.25, 0.3) is 0 Å². The summed E-state index contributed by atoms with van der Waals surface area (Å²) in [5.41, 5.74) is 8.99. The molecule has 1 aromatic carbocycles. The van der Waals surface area contributed by atoms with Crippen LogP contribution >= 0.6 is 0 Å². The molecular weight excluding hydrogens is 535 g/mol. The van der Waals surface area contributed by atoms with Crippen LogP contribution in [0.1, 0.15) is 50.7 Å². The van der Waals surface area contributed by atoms with Crippen molar-refractivity contribution in [1.29, 1.82) is 0 Å². The number of halogens is 3. The molecular formula is C26H36F3N5O6. The van der Waals surface area contributed by atoms with Gasteiger partial charge < -0.3 is 36.8 Å². The molecule has 0 radical (unpaired) electrons. The van der Waals surface area contributed by atoms with Crippen molar-refractivity contribution in [1.82, 2.24) is 15.1 Å². The van der Waals surface area contributed by atoms with Crippen molar-refractivity contribution in [2.24, 2.45) is 11.5 Å². The molecule has 3 rings (SSSR count). The Balaban J connectivity index is 2.00. The lowest BCUT2D eigenvalue weighted by atomic mass is 9.85. The van der Waals surface area contributed by atoms with Gasteiger partial charge in [0, 0.05) is 19.5 Å². The molecule has 2 saturated heterocycles. The van der Waals surface area contributed by atoms with E-state index in [1.807, 2.05) is 0 Å². The molecule has 222 valence electrons. The lowest BCUT2D eigenvalue weighted by molar-refractivity contribution is -0.152. The number of nitrogens with zero attached hydrogens (tertiary/aromatic N) is 2. The Morgan fingerprint density at radius 1 is 1.07 bits per heavy atom. The van der Waals surface area contributed by atoms with Crippen LogP contribution in [0.2, 0.25) is 0 Å². The highest BCUT2D eigenvalue weighted by atomic mass is 19.4. The fourth-order valence-corrected chi connectivity index (χ4v) is 5.42. The van der Waals surface area contributed by atoms with Gasteiger partial charge in [0.05, 0.1) is 17.8 Å². The van der Waals surface area contributed by atoms with E-state index in [2.05, 4.69) is 5.32 Å². The number of nitrogens with one attached hydrogen (secondary N) is 1. The lowest BCUT2D eigenvalue weighted by Crippen LogP contribution is -2.65. The van der Waals surface area contributed by atoms with Crippen molar-refractivity contribution in [3.63, 3.8) is 0 Å². The average molecular weight is 572 g/mol. The van der Waals surface area contributed by atoms with Crippen LogP contribution in [0.3, 0.4) is 0 Å². The molecule has 40 heavy (non-hydrogen) atoms. The molecule has 6 atom stereocenters. The highest BCUT2D eigenvalue weighted by Gasteiger charge is 2.53. The van der Waals surface area contributed by atoms with E-state index in [9.17, 15) is 42.6 Å². The standard InChI is InChI=1S/C26H36F3N5O6/c1-14(35)19(30)23(39)33-11-3-5-18(33)22(38)34-12-4-10-25(34,24(40)32-20(15(2)36)21(31)37)13-16-6-8-17(9-7-16)26(27,28)29/h6-9,14-15,18-20,35-36H,3-5,10-13,30H2,1-2H3,(H2,31,37)(H,32,40)/t14-,15-,18+,19+,20?,25+/m1/s1. The smallest absolute Gasteiger partial charge is 0.391 e. The number of aliphatic hydroxyl groups is 2. The average Bonchev–Trinajstić information content (AvgIpc) is 3.53. The number of hydrogen-bond donors (Lipinski definition) is 5. The first-order chi connectivity index (χ1) is 18.6. The summed E-state index contributed by atoms with van der Waals surface area (Å²) in [5.74, 6) is -3.00. The third kappa shape index (κ3) is 6.39. The summed E-state index contributed by atoms with van der Waals surface area (Å²) in [6.45, 7) is 2.92. The van der Waals surface area contributed by atoms with Crippen LogP contribution in [0.4, 0.5) is 13.2 Å². The van der Waals surface area contributed by atoms with Crippen LogP contribution in [0.15, 0.2) is 24.3 Å². The predicted octanol–water partition coefficient (Wildman–Crippen LogP) is -0.341. The summed E-state index contributed by atoms with van der Waals surface area (Å²) in [5, 5.41) is 22.2. The van der Waals surface area contributed by atoms with E-state index < -0.39 is 71.2 Å². The van der Waals surface area contributed by atoms with Gasteiger partial charge in [0.2, 0.25) is 23.6 Å². The summed E-state index contributed by atoms with van der Waals surface area (Å²) in [6, 6.07) is 0.465. The van der Waals surface area contributed by atoms with Gasteiger partial charge >= 0.3 is 6.18 Å². The molecule has 0 bridgehead atoms. The highest BCUT2D eigenvalue weighted by Crippen LogP contribution is 2.37. The number of alkyl halides is 3. The number of carbonyl (C=O) groups excluding carboxylic acids is 4. The van der Waals surface area contributed by atoms with E-state index in [1.165, 1.54) is 35.8 Å². The Morgan fingerprint density at radius 3 is 2.23 bits per heavy atom. The molecule has 2 heterocycles. The molecule has 2 aliphatic heterocycles. The van der Waals surface area contributed by atoms with E-state index in [-0.39, 0.29) is 32.4 Å². The molecule has 0 spiro atoms. The van der Waals surface area contributed by atoms with Crippen LogP contribution in [0.5, 0.6) is 0 Å². The van der Waals surface area contributed by atoms with Crippen LogP contribution in [0.25, 0.3) is 0 Å². The number of benzene rings is 1. The zero-order valence-corrected chi connectivity index (χ0v) is 22.4. The maximum Gasteiger partial charge on any atom is 0.416 e. The largest absolute Gasteiger partial charge is 0.416 e.